The number of hydrogen-bond acceptors (Lipinski definition) is 4. The summed E-state index contributed by atoms with van der Waals surface area (Å²) >= 11 is 1.64. The first-order valence-electron chi connectivity index (χ1n) is 5.41. The van der Waals surface area contributed by atoms with Crippen molar-refractivity contribution < 1.29 is 0 Å². The van der Waals surface area contributed by atoms with E-state index in [0.717, 1.165) is 16.4 Å². The van der Waals surface area contributed by atoms with Crippen LogP contribution in [0.5, 0.6) is 0 Å². The molecule has 0 radical (unpaired) electrons. The number of anilines is 1. The average molecular weight is 249 g/mol. The van der Waals surface area contributed by atoms with Gasteiger partial charge in [0.05, 0.1) is 22.4 Å². The van der Waals surface area contributed by atoms with Crippen molar-refractivity contribution in [2.24, 2.45) is 7.05 Å². The first-order chi connectivity index (χ1) is 8.06. The highest BCUT2D eigenvalue weighted by molar-refractivity contribution is 7.09. The Bertz CT molecular complexity index is 573. The molecular formula is C12H15N3OS. The average Bonchev–Trinajstić information content (AvgIpc) is 2.70. The SMILES string of the molecule is Cc1nc(C(C)Nc2ccc(=O)n(C)c2)cs1. The highest BCUT2D eigenvalue weighted by atomic mass is 32.1. The third-order valence-electron chi connectivity index (χ3n) is 2.55. The number of hydrogen-bond donors (Lipinski definition) is 1. The van der Waals surface area contributed by atoms with Crippen LogP contribution in [0.4, 0.5) is 5.69 Å². The number of pyridine rings is 1. The van der Waals surface area contributed by atoms with Crippen molar-refractivity contribution in [2.45, 2.75) is 19.9 Å². The van der Waals surface area contributed by atoms with Gasteiger partial charge in [0.15, 0.2) is 0 Å². The minimum Gasteiger partial charge on any atom is -0.376 e. The fraction of sp³-hybridized carbons (Fsp3) is 0.333. The predicted molar refractivity (Wildman–Crippen MR) is 70.6 cm³/mol. The van der Waals surface area contributed by atoms with Crippen LogP contribution < -0.4 is 10.9 Å². The second-order valence-corrected chi connectivity index (χ2v) is 5.09. The number of rotatable bonds is 3. The van der Waals surface area contributed by atoms with Crippen molar-refractivity contribution in [1.82, 2.24) is 9.55 Å². The molecule has 0 aliphatic rings. The molecule has 4 nitrogen and oxygen atoms in total. The Kier molecular flexibility index (Phi) is 3.28. The monoisotopic (exact) mass is 249 g/mol. The van der Waals surface area contributed by atoms with Crippen molar-refractivity contribution in [1.29, 1.82) is 0 Å². The predicted octanol–water partition coefficient (Wildman–Crippen LogP) is 2.32. The minimum absolute atomic E-state index is 0.00675. The standard InChI is InChI=1S/C12H15N3OS/c1-8(11-7-17-9(2)14-11)13-10-4-5-12(16)15(3)6-10/h4-8,13H,1-3H3. The van der Waals surface area contributed by atoms with Crippen LogP contribution in [0, 0.1) is 6.92 Å². The fourth-order valence-electron chi connectivity index (χ4n) is 1.58. The van der Waals surface area contributed by atoms with E-state index in [9.17, 15) is 4.79 Å². The topological polar surface area (TPSA) is 46.9 Å². The molecule has 1 unspecified atom stereocenters. The summed E-state index contributed by atoms with van der Waals surface area (Å²) in [6.45, 7) is 4.05. The van der Waals surface area contributed by atoms with Crippen LogP contribution >= 0.6 is 11.3 Å². The zero-order valence-corrected chi connectivity index (χ0v) is 10.9. The molecule has 0 aliphatic carbocycles. The number of nitrogens with zero attached hydrogens (tertiary/aromatic N) is 2. The molecule has 1 atom stereocenters. The molecular weight excluding hydrogens is 234 g/mol. The lowest BCUT2D eigenvalue weighted by molar-refractivity contribution is 0.823. The third kappa shape index (κ3) is 2.74. The number of thiazole rings is 1. The maximum absolute atomic E-state index is 11.3. The summed E-state index contributed by atoms with van der Waals surface area (Å²) in [6.07, 6.45) is 1.79. The molecule has 0 saturated heterocycles. The molecule has 0 bridgehead atoms. The molecule has 2 aromatic rings. The lowest BCUT2D eigenvalue weighted by Crippen LogP contribution is -2.16. The van der Waals surface area contributed by atoms with Gasteiger partial charge in [-0.1, -0.05) is 0 Å². The lowest BCUT2D eigenvalue weighted by Gasteiger charge is -2.13. The second-order valence-electron chi connectivity index (χ2n) is 4.02. The van der Waals surface area contributed by atoms with Crippen LogP contribution in [0.25, 0.3) is 0 Å². The van der Waals surface area contributed by atoms with Crippen molar-refractivity contribution >= 4 is 17.0 Å². The van der Waals surface area contributed by atoms with Gasteiger partial charge in [-0.05, 0) is 19.9 Å². The van der Waals surface area contributed by atoms with E-state index in [1.807, 2.05) is 6.92 Å². The second kappa shape index (κ2) is 4.71. The Balaban J connectivity index is 2.15. The van der Waals surface area contributed by atoms with E-state index in [4.69, 9.17) is 0 Å². The van der Waals surface area contributed by atoms with Crippen LogP contribution in [0.3, 0.4) is 0 Å². The summed E-state index contributed by atoms with van der Waals surface area (Å²) in [5.74, 6) is 0. The summed E-state index contributed by atoms with van der Waals surface area (Å²) < 4.78 is 1.56. The molecule has 0 fully saturated rings. The van der Waals surface area contributed by atoms with E-state index >= 15 is 0 Å². The van der Waals surface area contributed by atoms with Gasteiger partial charge in [-0.15, -0.1) is 11.3 Å². The summed E-state index contributed by atoms with van der Waals surface area (Å²) in [5.41, 5.74) is 1.94. The summed E-state index contributed by atoms with van der Waals surface area (Å²) in [5, 5.41) is 6.44. The molecule has 0 aliphatic heterocycles. The molecule has 0 aromatic carbocycles. The van der Waals surface area contributed by atoms with E-state index in [-0.39, 0.29) is 11.6 Å². The molecule has 2 aromatic heterocycles. The van der Waals surface area contributed by atoms with Crippen molar-refractivity contribution in [3.63, 3.8) is 0 Å². The van der Waals surface area contributed by atoms with Gasteiger partial charge in [0, 0.05) is 24.7 Å². The van der Waals surface area contributed by atoms with E-state index in [1.165, 1.54) is 0 Å². The summed E-state index contributed by atoms with van der Waals surface area (Å²) in [4.78, 5) is 15.7. The van der Waals surface area contributed by atoms with E-state index in [0.29, 0.717) is 0 Å². The Morgan fingerprint density at radius 1 is 1.47 bits per heavy atom. The van der Waals surface area contributed by atoms with Gasteiger partial charge in [-0.3, -0.25) is 4.79 Å². The molecule has 1 N–H and O–H groups in total. The fourth-order valence-corrected chi connectivity index (χ4v) is 2.29. The highest BCUT2D eigenvalue weighted by Gasteiger charge is 2.08. The van der Waals surface area contributed by atoms with Crippen LogP contribution in [0.2, 0.25) is 0 Å². The highest BCUT2D eigenvalue weighted by Crippen LogP contribution is 2.19. The van der Waals surface area contributed by atoms with Crippen molar-refractivity contribution in [3.8, 4) is 0 Å². The van der Waals surface area contributed by atoms with Crippen molar-refractivity contribution in [3.05, 3.63) is 44.8 Å². The molecule has 2 rings (SSSR count). The van der Waals surface area contributed by atoms with Gasteiger partial charge < -0.3 is 9.88 Å². The van der Waals surface area contributed by atoms with Gasteiger partial charge in [0.25, 0.3) is 0 Å². The van der Waals surface area contributed by atoms with E-state index < -0.39 is 0 Å². The van der Waals surface area contributed by atoms with Gasteiger partial charge in [0.1, 0.15) is 0 Å². The zero-order chi connectivity index (χ0) is 12.4. The first-order valence-corrected chi connectivity index (χ1v) is 6.29. The zero-order valence-electron chi connectivity index (χ0n) is 10.1. The van der Waals surface area contributed by atoms with Crippen molar-refractivity contribution in [2.75, 3.05) is 5.32 Å². The lowest BCUT2D eigenvalue weighted by atomic mass is 10.2. The smallest absolute Gasteiger partial charge is 0.250 e. The first kappa shape index (κ1) is 11.9. The van der Waals surface area contributed by atoms with Gasteiger partial charge in [0.2, 0.25) is 5.56 Å². The minimum atomic E-state index is -0.00675. The number of aromatic nitrogens is 2. The van der Waals surface area contributed by atoms with E-state index in [1.54, 1.807) is 41.3 Å². The Morgan fingerprint density at radius 3 is 2.82 bits per heavy atom. The molecule has 90 valence electrons. The Labute approximate surface area is 104 Å². The van der Waals surface area contributed by atoms with E-state index in [2.05, 4.69) is 22.6 Å². The van der Waals surface area contributed by atoms with Crippen LogP contribution in [-0.4, -0.2) is 9.55 Å². The molecule has 17 heavy (non-hydrogen) atoms. The third-order valence-corrected chi connectivity index (χ3v) is 3.34. The largest absolute Gasteiger partial charge is 0.376 e. The maximum atomic E-state index is 11.3. The maximum Gasteiger partial charge on any atom is 0.250 e. The Hall–Kier alpha value is -1.62. The van der Waals surface area contributed by atoms with Gasteiger partial charge in [-0.2, -0.15) is 0 Å². The molecule has 2 heterocycles. The molecule has 0 spiro atoms. The van der Waals surface area contributed by atoms with Gasteiger partial charge in [-0.25, -0.2) is 4.98 Å². The normalized spacial score (nSPS) is 12.4. The number of aryl methyl sites for hydroxylation is 2. The number of nitrogens with one attached hydrogen (secondary N) is 1. The van der Waals surface area contributed by atoms with Gasteiger partial charge >= 0.3 is 0 Å². The molecule has 0 saturated carbocycles. The Morgan fingerprint density at radius 2 is 2.24 bits per heavy atom. The quantitative estimate of drug-likeness (QED) is 0.908. The van der Waals surface area contributed by atoms with Crippen LogP contribution in [0.1, 0.15) is 23.7 Å². The summed E-state index contributed by atoms with van der Waals surface area (Å²) in [7, 11) is 1.74. The van der Waals surface area contributed by atoms with Crippen LogP contribution in [-0.2, 0) is 7.05 Å². The van der Waals surface area contributed by atoms with Crippen LogP contribution in [0.15, 0.2) is 28.5 Å². The molecule has 5 heteroatoms. The molecule has 0 amide bonds. The summed E-state index contributed by atoms with van der Waals surface area (Å²) in [6, 6.07) is 3.48.